The van der Waals surface area contributed by atoms with E-state index < -0.39 is 0 Å². The van der Waals surface area contributed by atoms with Crippen LogP contribution in [0, 0.1) is 0 Å². The van der Waals surface area contributed by atoms with E-state index in [4.69, 9.17) is 0 Å². The monoisotopic (exact) mass is 316 g/mol. The SMILES string of the molecule is CNCCN(C)C(=O)c1nn(-c2ccc(C(C)C)cc2)cc1O. The maximum absolute atomic E-state index is 12.3. The molecule has 0 spiro atoms. The van der Waals surface area contributed by atoms with E-state index in [0.29, 0.717) is 19.0 Å². The lowest BCUT2D eigenvalue weighted by atomic mass is 10.0. The van der Waals surface area contributed by atoms with E-state index >= 15 is 0 Å². The summed E-state index contributed by atoms with van der Waals surface area (Å²) in [6.07, 6.45) is 1.46. The first-order valence-electron chi connectivity index (χ1n) is 7.73. The molecule has 23 heavy (non-hydrogen) atoms. The van der Waals surface area contributed by atoms with Crippen LogP contribution in [0.3, 0.4) is 0 Å². The number of rotatable bonds is 6. The lowest BCUT2D eigenvalue weighted by Gasteiger charge is -2.15. The Hall–Kier alpha value is -2.34. The average molecular weight is 316 g/mol. The van der Waals surface area contributed by atoms with Crippen molar-refractivity contribution in [2.45, 2.75) is 19.8 Å². The lowest BCUT2D eigenvalue weighted by Crippen LogP contribution is -2.33. The zero-order chi connectivity index (χ0) is 17.0. The molecule has 0 atom stereocenters. The molecule has 0 aliphatic heterocycles. The number of hydrogen-bond donors (Lipinski definition) is 2. The Labute approximate surface area is 136 Å². The van der Waals surface area contributed by atoms with Gasteiger partial charge in [0.25, 0.3) is 5.91 Å². The number of likely N-dealkylation sites (N-methyl/N-ethyl adjacent to an activating group) is 2. The predicted octanol–water partition coefficient (Wildman–Crippen LogP) is 1.99. The number of nitrogens with zero attached hydrogens (tertiary/aromatic N) is 3. The molecule has 0 aliphatic carbocycles. The summed E-state index contributed by atoms with van der Waals surface area (Å²) in [4.78, 5) is 13.9. The van der Waals surface area contributed by atoms with Gasteiger partial charge in [-0.2, -0.15) is 5.10 Å². The van der Waals surface area contributed by atoms with E-state index in [9.17, 15) is 9.90 Å². The van der Waals surface area contributed by atoms with Crippen LogP contribution in [-0.4, -0.2) is 52.9 Å². The number of benzene rings is 1. The van der Waals surface area contributed by atoms with Gasteiger partial charge in [0, 0.05) is 20.1 Å². The van der Waals surface area contributed by atoms with Gasteiger partial charge in [-0.3, -0.25) is 4.79 Å². The minimum absolute atomic E-state index is 0.0662. The van der Waals surface area contributed by atoms with Gasteiger partial charge in [0.05, 0.1) is 11.9 Å². The maximum atomic E-state index is 12.3. The minimum Gasteiger partial charge on any atom is -0.504 e. The average Bonchev–Trinajstić information content (AvgIpc) is 2.93. The van der Waals surface area contributed by atoms with Crippen LogP contribution >= 0.6 is 0 Å². The van der Waals surface area contributed by atoms with Crippen LogP contribution in [0.1, 0.15) is 35.8 Å². The molecule has 6 nitrogen and oxygen atoms in total. The molecule has 1 amide bonds. The summed E-state index contributed by atoms with van der Waals surface area (Å²) >= 11 is 0. The van der Waals surface area contributed by atoms with E-state index in [1.54, 1.807) is 7.05 Å². The molecule has 2 aromatic rings. The molecule has 2 N–H and O–H groups in total. The van der Waals surface area contributed by atoms with Gasteiger partial charge < -0.3 is 15.3 Å². The standard InChI is InChI=1S/C17H24N4O2/c1-12(2)13-5-7-14(8-6-13)21-11-15(22)16(19-21)17(23)20(4)10-9-18-3/h5-8,11-12,18,22H,9-10H2,1-4H3. The fourth-order valence-corrected chi connectivity index (χ4v) is 2.22. The lowest BCUT2D eigenvalue weighted by molar-refractivity contribution is 0.0787. The zero-order valence-corrected chi connectivity index (χ0v) is 14.1. The topological polar surface area (TPSA) is 70.4 Å². The molecule has 0 radical (unpaired) electrons. The highest BCUT2D eigenvalue weighted by Crippen LogP contribution is 2.21. The van der Waals surface area contributed by atoms with Crippen molar-refractivity contribution in [3.05, 3.63) is 41.7 Å². The quantitative estimate of drug-likeness (QED) is 0.855. The molecular formula is C17H24N4O2. The van der Waals surface area contributed by atoms with E-state index in [1.807, 2.05) is 31.3 Å². The second kappa shape index (κ2) is 7.28. The zero-order valence-electron chi connectivity index (χ0n) is 14.1. The normalized spacial score (nSPS) is 11.0. The summed E-state index contributed by atoms with van der Waals surface area (Å²) in [5.74, 6) is 0.0441. The van der Waals surface area contributed by atoms with Gasteiger partial charge in [0.2, 0.25) is 0 Å². The highest BCUT2D eigenvalue weighted by Gasteiger charge is 2.20. The van der Waals surface area contributed by atoms with Crippen LogP contribution in [-0.2, 0) is 0 Å². The van der Waals surface area contributed by atoms with Crippen molar-refractivity contribution in [1.29, 1.82) is 0 Å². The molecule has 0 unspecified atom stereocenters. The van der Waals surface area contributed by atoms with Crippen LogP contribution < -0.4 is 5.32 Å². The molecule has 0 saturated carbocycles. The van der Waals surface area contributed by atoms with Gasteiger partial charge in [-0.05, 0) is 30.7 Å². The van der Waals surface area contributed by atoms with Crippen molar-refractivity contribution in [2.24, 2.45) is 0 Å². The second-order valence-electron chi connectivity index (χ2n) is 5.88. The van der Waals surface area contributed by atoms with Gasteiger partial charge in [-0.1, -0.05) is 26.0 Å². The summed E-state index contributed by atoms with van der Waals surface area (Å²) in [6, 6.07) is 7.92. The summed E-state index contributed by atoms with van der Waals surface area (Å²) < 4.78 is 1.53. The van der Waals surface area contributed by atoms with Crippen LogP contribution in [0.15, 0.2) is 30.5 Å². The molecule has 1 aromatic carbocycles. The predicted molar refractivity (Wildman–Crippen MR) is 90.2 cm³/mol. The molecule has 0 fully saturated rings. The smallest absolute Gasteiger partial charge is 0.278 e. The molecule has 0 aliphatic rings. The first-order chi connectivity index (χ1) is 10.9. The van der Waals surface area contributed by atoms with Crippen LogP contribution in [0.4, 0.5) is 0 Å². The summed E-state index contributed by atoms with van der Waals surface area (Å²) in [7, 11) is 3.51. The maximum Gasteiger partial charge on any atom is 0.278 e. The van der Waals surface area contributed by atoms with Crippen LogP contribution in [0.25, 0.3) is 5.69 Å². The van der Waals surface area contributed by atoms with Gasteiger partial charge in [-0.15, -0.1) is 0 Å². The highest BCUT2D eigenvalue weighted by atomic mass is 16.3. The number of aromatic nitrogens is 2. The van der Waals surface area contributed by atoms with E-state index in [-0.39, 0.29) is 17.4 Å². The van der Waals surface area contributed by atoms with E-state index in [1.165, 1.54) is 21.3 Å². The first kappa shape index (κ1) is 17.0. The van der Waals surface area contributed by atoms with Gasteiger partial charge in [0.15, 0.2) is 11.4 Å². The number of carbonyl (C=O) groups is 1. The van der Waals surface area contributed by atoms with Crippen molar-refractivity contribution in [2.75, 3.05) is 27.2 Å². The van der Waals surface area contributed by atoms with Crippen LogP contribution in [0.5, 0.6) is 5.75 Å². The first-order valence-corrected chi connectivity index (χ1v) is 7.73. The number of amides is 1. The fraction of sp³-hybridized carbons (Fsp3) is 0.412. The summed E-state index contributed by atoms with van der Waals surface area (Å²) in [5.41, 5.74) is 2.10. The molecule has 6 heteroatoms. The third kappa shape index (κ3) is 3.90. The molecule has 1 aromatic heterocycles. The number of carbonyl (C=O) groups excluding carboxylic acids is 1. The third-order valence-corrected chi connectivity index (χ3v) is 3.77. The highest BCUT2D eigenvalue weighted by molar-refractivity contribution is 5.94. The van der Waals surface area contributed by atoms with Crippen LogP contribution in [0.2, 0.25) is 0 Å². The van der Waals surface area contributed by atoms with Crippen molar-refractivity contribution < 1.29 is 9.90 Å². The molecule has 124 valence electrons. The molecule has 0 saturated heterocycles. The second-order valence-corrected chi connectivity index (χ2v) is 5.88. The van der Waals surface area contributed by atoms with Gasteiger partial charge in [-0.25, -0.2) is 4.68 Å². The third-order valence-electron chi connectivity index (χ3n) is 3.77. The Kier molecular flexibility index (Phi) is 5.39. The van der Waals surface area contributed by atoms with E-state index in [2.05, 4.69) is 24.3 Å². The fourth-order valence-electron chi connectivity index (χ4n) is 2.22. The largest absolute Gasteiger partial charge is 0.504 e. The Bertz CT molecular complexity index is 662. The number of nitrogens with one attached hydrogen (secondary N) is 1. The molecular weight excluding hydrogens is 292 g/mol. The number of hydrogen-bond acceptors (Lipinski definition) is 4. The molecule has 2 rings (SSSR count). The Morgan fingerprint density at radius 3 is 2.57 bits per heavy atom. The Balaban J connectivity index is 2.22. The Morgan fingerprint density at radius 2 is 2.00 bits per heavy atom. The summed E-state index contributed by atoms with van der Waals surface area (Å²) in [6.45, 7) is 5.49. The van der Waals surface area contributed by atoms with Crippen molar-refractivity contribution in [1.82, 2.24) is 20.0 Å². The number of aromatic hydroxyl groups is 1. The van der Waals surface area contributed by atoms with Crippen molar-refractivity contribution in [3.63, 3.8) is 0 Å². The Morgan fingerprint density at radius 1 is 1.35 bits per heavy atom. The summed E-state index contributed by atoms with van der Waals surface area (Å²) in [5, 5.41) is 17.3. The molecule has 0 bridgehead atoms. The molecule has 1 heterocycles. The van der Waals surface area contributed by atoms with Crippen molar-refractivity contribution >= 4 is 5.91 Å². The minimum atomic E-state index is -0.296. The van der Waals surface area contributed by atoms with Crippen molar-refractivity contribution in [3.8, 4) is 11.4 Å². The van der Waals surface area contributed by atoms with Gasteiger partial charge in [0.1, 0.15) is 0 Å². The van der Waals surface area contributed by atoms with Gasteiger partial charge >= 0.3 is 0 Å². The van der Waals surface area contributed by atoms with E-state index in [0.717, 1.165) is 5.69 Å².